The fourth-order valence-electron chi connectivity index (χ4n) is 4.03. The third kappa shape index (κ3) is 4.11. The number of carbonyl (C=O) groups is 2. The van der Waals surface area contributed by atoms with Gasteiger partial charge in [0.05, 0.1) is 5.56 Å². The molecule has 1 aliphatic carbocycles. The van der Waals surface area contributed by atoms with E-state index in [1.54, 1.807) is 25.1 Å². The van der Waals surface area contributed by atoms with Crippen LogP contribution in [-0.4, -0.2) is 67.9 Å². The van der Waals surface area contributed by atoms with Crippen LogP contribution in [0, 0.1) is 17.8 Å². The van der Waals surface area contributed by atoms with Crippen LogP contribution >= 0.6 is 11.6 Å². The van der Waals surface area contributed by atoms with Gasteiger partial charge in [0.2, 0.25) is 6.41 Å². The van der Waals surface area contributed by atoms with E-state index < -0.39 is 0 Å². The molecule has 1 aliphatic heterocycles. The molecule has 0 aromatic carbocycles. The first kappa shape index (κ1) is 19.0. The van der Waals surface area contributed by atoms with Gasteiger partial charge in [0.25, 0.3) is 5.91 Å². The quantitative estimate of drug-likeness (QED) is 0.563. The Labute approximate surface area is 160 Å². The number of amides is 2. The lowest BCUT2D eigenvalue weighted by Gasteiger charge is -2.33. The summed E-state index contributed by atoms with van der Waals surface area (Å²) in [5, 5.41) is 0.266. The van der Waals surface area contributed by atoms with Crippen molar-refractivity contribution in [3.05, 3.63) is 22.8 Å². The molecule has 1 aromatic rings. The number of pyridine rings is 1. The van der Waals surface area contributed by atoms with Crippen LogP contribution in [0.5, 0.6) is 0 Å². The van der Waals surface area contributed by atoms with Crippen LogP contribution < -0.4 is 4.90 Å². The fraction of sp³-hybridized carbons (Fsp3) is 0.632. The smallest absolute Gasteiger partial charge is 0.256 e. The second-order valence-corrected chi connectivity index (χ2v) is 8.09. The number of piperidine rings is 1. The minimum atomic E-state index is -0.132. The van der Waals surface area contributed by atoms with Crippen LogP contribution in [0.2, 0.25) is 5.15 Å². The maximum absolute atomic E-state index is 12.1. The Morgan fingerprint density at radius 3 is 2.58 bits per heavy atom. The van der Waals surface area contributed by atoms with Gasteiger partial charge >= 0.3 is 0 Å². The summed E-state index contributed by atoms with van der Waals surface area (Å²) in [6.07, 6.45) is 4.44. The highest BCUT2D eigenvalue weighted by atomic mass is 35.5. The van der Waals surface area contributed by atoms with E-state index in [0.29, 0.717) is 11.5 Å². The van der Waals surface area contributed by atoms with Gasteiger partial charge in [-0.15, -0.1) is 0 Å². The highest BCUT2D eigenvalue weighted by Crippen LogP contribution is 2.48. The Hall–Kier alpha value is -1.82. The van der Waals surface area contributed by atoms with E-state index in [9.17, 15) is 9.59 Å². The van der Waals surface area contributed by atoms with Gasteiger partial charge in [-0.3, -0.25) is 9.59 Å². The summed E-state index contributed by atoms with van der Waals surface area (Å²) < 4.78 is 0. The first-order chi connectivity index (χ1) is 12.4. The van der Waals surface area contributed by atoms with E-state index in [1.807, 2.05) is 13.1 Å². The molecule has 0 bridgehead atoms. The molecule has 1 saturated heterocycles. The molecule has 2 unspecified atom stereocenters. The molecule has 26 heavy (non-hydrogen) atoms. The number of nitrogens with zero attached hydrogens (tertiary/aromatic N) is 4. The van der Waals surface area contributed by atoms with Crippen LogP contribution in [0.15, 0.2) is 12.1 Å². The Balaban J connectivity index is 1.55. The highest BCUT2D eigenvalue weighted by molar-refractivity contribution is 6.32. The summed E-state index contributed by atoms with van der Waals surface area (Å²) >= 11 is 6.24. The third-order valence-electron chi connectivity index (χ3n) is 5.62. The third-order valence-corrected chi connectivity index (χ3v) is 5.91. The first-order valence-electron chi connectivity index (χ1n) is 9.19. The highest BCUT2D eigenvalue weighted by Gasteiger charge is 2.43. The molecule has 2 atom stereocenters. The molecule has 7 heteroatoms. The summed E-state index contributed by atoms with van der Waals surface area (Å²) in [7, 11) is 5.26. The minimum Gasteiger partial charge on any atom is -0.357 e. The SMILES string of the molecule is CN(C=O)CC1CC1C1CCN(c2ccc(C(=O)N(C)C)c(Cl)n2)CC1. The zero-order valence-electron chi connectivity index (χ0n) is 15.7. The summed E-state index contributed by atoms with van der Waals surface area (Å²) in [6, 6.07) is 3.66. The van der Waals surface area contributed by atoms with Crippen molar-refractivity contribution in [2.75, 3.05) is 45.7 Å². The van der Waals surface area contributed by atoms with Crippen molar-refractivity contribution in [1.82, 2.24) is 14.8 Å². The average Bonchev–Trinajstić information content (AvgIpc) is 3.40. The predicted molar refractivity (Wildman–Crippen MR) is 102 cm³/mol. The number of aromatic nitrogens is 1. The van der Waals surface area contributed by atoms with E-state index in [1.165, 1.54) is 11.3 Å². The molecular formula is C19H27ClN4O2. The number of carbonyl (C=O) groups excluding carboxylic acids is 2. The number of hydrogen-bond donors (Lipinski definition) is 0. The van der Waals surface area contributed by atoms with Gasteiger partial charge in [0, 0.05) is 40.8 Å². The summed E-state index contributed by atoms with van der Waals surface area (Å²) in [4.78, 5) is 32.8. The Morgan fingerprint density at radius 1 is 1.31 bits per heavy atom. The van der Waals surface area contributed by atoms with Crippen molar-refractivity contribution >= 4 is 29.7 Å². The van der Waals surface area contributed by atoms with Crippen LogP contribution in [0.25, 0.3) is 0 Å². The molecule has 2 amide bonds. The molecule has 1 saturated carbocycles. The van der Waals surface area contributed by atoms with E-state index in [2.05, 4.69) is 9.88 Å². The maximum atomic E-state index is 12.1. The largest absolute Gasteiger partial charge is 0.357 e. The van der Waals surface area contributed by atoms with Crippen molar-refractivity contribution in [1.29, 1.82) is 0 Å². The maximum Gasteiger partial charge on any atom is 0.256 e. The summed E-state index contributed by atoms with van der Waals surface area (Å²) in [6.45, 7) is 2.80. The van der Waals surface area contributed by atoms with Crippen LogP contribution in [0.3, 0.4) is 0 Å². The second-order valence-electron chi connectivity index (χ2n) is 7.74. The topological polar surface area (TPSA) is 56.8 Å². The van der Waals surface area contributed by atoms with E-state index in [0.717, 1.165) is 56.5 Å². The van der Waals surface area contributed by atoms with Gasteiger partial charge in [-0.1, -0.05) is 11.6 Å². The molecule has 2 fully saturated rings. The monoisotopic (exact) mass is 378 g/mol. The predicted octanol–water partition coefficient (Wildman–Crippen LogP) is 2.38. The minimum absolute atomic E-state index is 0.132. The van der Waals surface area contributed by atoms with Gasteiger partial charge < -0.3 is 14.7 Å². The Morgan fingerprint density at radius 2 is 2.00 bits per heavy atom. The van der Waals surface area contributed by atoms with E-state index in [-0.39, 0.29) is 11.1 Å². The van der Waals surface area contributed by atoms with Crippen molar-refractivity contribution in [3.8, 4) is 0 Å². The number of rotatable bonds is 6. The number of halogens is 1. The summed E-state index contributed by atoms with van der Waals surface area (Å²) in [5.41, 5.74) is 0.440. The van der Waals surface area contributed by atoms with E-state index in [4.69, 9.17) is 11.6 Å². The van der Waals surface area contributed by atoms with E-state index >= 15 is 0 Å². The van der Waals surface area contributed by atoms with Gasteiger partial charge in [0.1, 0.15) is 11.0 Å². The van der Waals surface area contributed by atoms with Gasteiger partial charge in [-0.2, -0.15) is 0 Å². The Kier molecular flexibility index (Phi) is 5.70. The van der Waals surface area contributed by atoms with Crippen LogP contribution in [0.4, 0.5) is 5.82 Å². The standard InChI is InChI=1S/C19H27ClN4O2/c1-22(2)19(26)15-4-5-17(21-18(15)20)24-8-6-13(7-9-24)16-10-14(16)11-23(3)12-25/h4-5,12-14,16H,6-11H2,1-3H3. The molecule has 0 radical (unpaired) electrons. The lowest BCUT2D eigenvalue weighted by Crippen LogP contribution is -2.35. The fourth-order valence-corrected chi connectivity index (χ4v) is 4.26. The van der Waals surface area contributed by atoms with Crippen molar-refractivity contribution in [2.24, 2.45) is 17.8 Å². The normalized spacial score (nSPS) is 22.8. The zero-order valence-corrected chi connectivity index (χ0v) is 16.4. The molecule has 0 N–H and O–H groups in total. The molecule has 2 heterocycles. The molecule has 142 valence electrons. The molecule has 0 spiro atoms. The van der Waals surface area contributed by atoms with Crippen molar-refractivity contribution in [3.63, 3.8) is 0 Å². The Bertz CT molecular complexity index is 674. The molecular weight excluding hydrogens is 352 g/mol. The lowest BCUT2D eigenvalue weighted by molar-refractivity contribution is -0.117. The number of hydrogen-bond acceptors (Lipinski definition) is 4. The van der Waals surface area contributed by atoms with Gasteiger partial charge in [-0.25, -0.2) is 4.98 Å². The van der Waals surface area contributed by atoms with Crippen LogP contribution in [0.1, 0.15) is 29.6 Å². The second kappa shape index (κ2) is 7.82. The number of anilines is 1. The average molecular weight is 379 g/mol. The van der Waals surface area contributed by atoms with Gasteiger partial charge in [-0.05, 0) is 49.1 Å². The van der Waals surface area contributed by atoms with Gasteiger partial charge in [0.15, 0.2) is 0 Å². The zero-order chi connectivity index (χ0) is 18.8. The first-order valence-corrected chi connectivity index (χ1v) is 9.57. The lowest BCUT2D eigenvalue weighted by atomic mass is 9.91. The molecule has 1 aromatic heterocycles. The van der Waals surface area contributed by atoms with Crippen molar-refractivity contribution < 1.29 is 9.59 Å². The van der Waals surface area contributed by atoms with Crippen molar-refractivity contribution in [2.45, 2.75) is 19.3 Å². The summed E-state index contributed by atoms with van der Waals surface area (Å²) in [5.74, 6) is 2.88. The molecule has 3 rings (SSSR count). The molecule has 6 nitrogen and oxygen atoms in total. The van der Waals surface area contributed by atoms with Crippen LogP contribution in [-0.2, 0) is 4.79 Å². The molecule has 2 aliphatic rings.